The van der Waals surface area contributed by atoms with Crippen LogP contribution in [0.2, 0.25) is 0 Å². The maximum absolute atomic E-state index is 12.6. The molecule has 1 saturated carbocycles. The van der Waals surface area contributed by atoms with Crippen LogP contribution in [0.5, 0.6) is 0 Å². The van der Waals surface area contributed by atoms with Gasteiger partial charge in [0.15, 0.2) is 0 Å². The van der Waals surface area contributed by atoms with Crippen molar-refractivity contribution in [2.24, 2.45) is 5.92 Å². The Labute approximate surface area is 136 Å². The minimum atomic E-state index is -3.58. The molecule has 0 unspecified atom stereocenters. The number of benzene rings is 1. The number of sulfonamides is 1. The van der Waals surface area contributed by atoms with Crippen molar-refractivity contribution in [3.8, 4) is 0 Å². The van der Waals surface area contributed by atoms with Crippen LogP contribution in [0.25, 0.3) is 0 Å². The van der Waals surface area contributed by atoms with Crippen LogP contribution in [0.3, 0.4) is 0 Å². The number of hydrogen-bond donors (Lipinski definition) is 1. The van der Waals surface area contributed by atoms with Crippen molar-refractivity contribution >= 4 is 15.9 Å². The number of ether oxygens (including phenoxy) is 1. The molecule has 126 valence electrons. The second-order valence-electron chi connectivity index (χ2n) is 6.14. The highest BCUT2D eigenvalue weighted by atomic mass is 32.2. The Morgan fingerprint density at radius 1 is 1.30 bits per heavy atom. The molecule has 1 N–H and O–H groups in total. The zero-order valence-electron chi connectivity index (χ0n) is 13.2. The Balaban J connectivity index is 1.77. The molecule has 2 fully saturated rings. The van der Waals surface area contributed by atoms with E-state index in [9.17, 15) is 13.2 Å². The Morgan fingerprint density at radius 3 is 2.65 bits per heavy atom. The second-order valence-corrected chi connectivity index (χ2v) is 8.08. The van der Waals surface area contributed by atoms with E-state index in [4.69, 9.17) is 4.74 Å². The Kier molecular flexibility index (Phi) is 4.70. The van der Waals surface area contributed by atoms with Crippen LogP contribution in [-0.2, 0) is 14.8 Å². The van der Waals surface area contributed by atoms with Crippen molar-refractivity contribution in [1.29, 1.82) is 0 Å². The molecule has 1 heterocycles. The normalized spacial score (nSPS) is 20.9. The summed E-state index contributed by atoms with van der Waals surface area (Å²) >= 11 is 0. The summed E-state index contributed by atoms with van der Waals surface area (Å²) in [6, 6.07) is 6.38. The van der Waals surface area contributed by atoms with Crippen molar-refractivity contribution in [2.75, 3.05) is 26.3 Å². The number of rotatable bonds is 5. The summed E-state index contributed by atoms with van der Waals surface area (Å²) in [5.74, 6) is 0.336. The van der Waals surface area contributed by atoms with Crippen molar-refractivity contribution in [3.63, 3.8) is 0 Å². The summed E-state index contributed by atoms with van der Waals surface area (Å²) < 4.78 is 31.9. The summed E-state index contributed by atoms with van der Waals surface area (Å²) in [6.45, 7) is 3.48. The number of carbonyl (C=O) groups is 1. The van der Waals surface area contributed by atoms with E-state index in [-0.39, 0.29) is 16.8 Å². The minimum absolute atomic E-state index is 0.127. The highest BCUT2D eigenvalue weighted by Gasteiger charge is 2.30. The lowest BCUT2D eigenvalue weighted by molar-refractivity contribution is 0.0730. The lowest BCUT2D eigenvalue weighted by Crippen LogP contribution is -2.40. The van der Waals surface area contributed by atoms with Crippen LogP contribution in [0.15, 0.2) is 29.2 Å². The molecule has 0 aromatic heterocycles. The summed E-state index contributed by atoms with van der Waals surface area (Å²) in [4.78, 5) is 12.5. The van der Waals surface area contributed by atoms with E-state index in [1.807, 2.05) is 6.92 Å². The van der Waals surface area contributed by atoms with E-state index >= 15 is 0 Å². The third-order valence-electron chi connectivity index (χ3n) is 4.39. The summed E-state index contributed by atoms with van der Waals surface area (Å²) in [6.07, 6.45) is 2.29. The van der Waals surface area contributed by atoms with Crippen LogP contribution >= 0.6 is 0 Å². The molecule has 1 atom stereocenters. The van der Waals surface area contributed by atoms with Gasteiger partial charge in [-0.05, 0) is 43.9 Å². The molecule has 1 saturated heterocycles. The maximum Gasteiger partial charge on any atom is 0.251 e. The number of amides is 1. The largest absolute Gasteiger partial charge is 0.379 e. The molecule has 23 heavy (non-hydrogen) atoms. The standard InChI is InChI=1S/C16H22N2O4S/c1-12(13-5-6-13)17-16(19)14-3-2-4-15(11-14)23(20,21)18-7-9-22-10-8-18/h2-4,11-13H,5-10H2,1H3,(H,17,19)/t12-/m1/s1. The van der Waals surface area contributed by atoms with E-state index < -0.39 is 10.0 Å². The lowest BCUT2D eigenvalue weighted by atomic mass is 10.1. The first kappa shape index (κ1) is 16.4. The molecule has 1 aliphatic carbocycles. The summed E-state index contributed by atoms with van der Waals surface area (Å²) in [5.41, 5.74) is 0.381. The van der Waals surface area contributed by atoms with Crippen LogP contribution in [0.4, 0.5) is 0 Å². The molecule has 1 aromatic carbocycles. The average Bonchev–Trinajstić information content (AvgIpc) is 3.41. The van der Waals surface area contributed by atoms with Gasteiger partial charge in [-0.3, -0.25) is 4.79 Å². The van der Waals surface area contributed by atoms with E-state index in [1.54, 1.807) is 12.1 Å². The highest BCUT2D eigenvalue weighted by molar-refractivity contribution is 7.89. The third kappa shape index (κ3) is 3.73. The van der Waals surface area contributed by atoms with Crippen molar-refractivity contribution < 1.29 is 17.9 Å². The van der Waals surface area contributed by atoms with Crippen molar-refractivity contribution in [2.45, 2.75) is 30.7 Å². The predicted molar refractivity (Wildman–Crippen MR) is 85.7 cm³/mol. The van der Waals surface area contributed by atoms with Gasteiger partial charge in [0, 0.05) is 24.7 Å². The maximum atomic E-state index is 12.6. The van der Waals surface area contributed by atoms with E-state index in [0.717, 1.165) is 12.8 Å². The molecule has 3 rings (SSSR count). The van der Waals surface area contributed by atoms with E-state index in [1.165, 1.54) is 16.4 Å². The highest BCUT2D eigenvalue weighted by Crippen LogP contribution is 2.32. The lowest BCUT2D eigenvalue weighted by Gasteiger charge is -2.26. The van der Waals surface area contributed by atoms with Crippen molar-refractivity contribution in [3.05, 3.63) is 29.8 Å². The van der Waals surface area contributed by atoms with Crippen molar-refractivity contribution in [1.82, 2.24) is 9.62 Å². The first-order valence-electron chi connectivity index (χ1n) is 7.97. The molecular weight excluding hydrogens is 316 g/mol. The van der Waals surface area contributed by atoms with Gasteiger partial charge in [0.05, 0.1) is 18.1 Å². The van der Waals surface area contributed by atoms with E-state index in [0.29, 0.717) is 37.8 Å². The molecule has 0 spiro atoms. The fraction of sp³-hybridized carbons (Fsp3) is 0.562. The van der Waals surface area contributed by atoms with Crippen LogP contribution in [0, 0.1) is 5.92 Å². The third-order valence-corrected chi connectivity index (χ3v) is 6.29. The van der Waals surface area contributed by atoms with Gasteiger partial charge in [0.1, 0.15) is 0 Å². The Bertz CT molecular complexity index is 679. The quantitative estimate of drug-likeness (QED) is 0.876. The fourth-order valence-corrected chi connectivity index (χ4v) is 4.19. The number of hydrogen-bond acceptors (Lipinski definition) is 4. The zero-order valence-corrected chi connectivity index (χ0v) is 14.0. The Morgan fingerprint density at radius 2 is 2.00 bits per heavy atom. The molecule has 2 aliphatic rings. The first-order valence-corrected chi connectivity index (χ1v) is 9.41. The number of carbonyl (C=O) groups excluding carboxylic acids is 1. The minimum Gasteiger partial charge on any atom is -0.379 e. The zero-order chi connectivity index (χ0) is 16.4. The molecule has 6 nitrogen and oxygen atoms in total. The molecular formula is C16H22N2O4S. The van der Waals surface area contributed by atoms with Gasteiger partial charge < -0.3 is 10.1 Å². The van der Waals surface area contributed by atoms with Gasteiger partial charge in [-0.15, -0.1) is 0 Å². The van der Waals surface area contributed by atoms with Gasteiger partial charge in [0.25, 0.3) is 5.91 Å². The van der Waals surface area contributed by atoms with E-state index in [2.05, 4.69) is 5.32 Å². The Hall–Kier alpha value is -1.44. The number of nitrogens with zero attached hydrogens (tertiary/aromatic N) is 1. The SMILES string of the molecule is C[C@@H](NC(=O)c1cccc(S(=O)(=O)N2CCOCC2)c1)C1CC1. The summed E-state index contributed by atoms with van der Waals surface area (Å²) in [5, 5.41) is 2.95. The number of nitrogens with one attached hydrogen (secondary N) is 1. The molecule has 1 aliphatic heterocycles. The monoisotopic (exact) mass is 338 g/mol. The fourth-order valence-electron chi connectivity index (χ4n) is 2.74. The van der Waals surface area contributed by atoms with Crippen LogP contribution < -0.4 is 5.32 Å². The topological polar surface area (TPSA) is 75.7 Å². The van der Waals surface area contributed by atoms with Crippen LogP contribution in [-0.4, -0.2) is 51.0 Å². The number of morpholine rings is 1. The van der Waals surface area contributed by atoms with Gasteiger partial charge in [-0.2, -0.15) is 4.31 Å². The molecule has 1 amide bonds. The molecule has 0 bridgehead atoms. The average molecular weight is 338 g/mol. The van der Waals surface area contributed by atoms with Gasteiger partial charge in [0.2, 0.25) is 10.0 Å². The summed E-state index contributed by atoms with van der Waals surface area (Å²) in [7, 11) is -3.58. The molecule has 0 radical (unpaired) electrons. The second kappa shape index (κ2) is 6.59. The van der Waals surface area contributed by atoms with Crippen LogP contribution in [0.1, 0.15) is 30.1 Å². The molecule has 1 aromatic rings. The van der Waals surface area contributed by atoms with Gasteiger partial charge in [-0.1, -0.05) is 6.07 Å². The predicted octanol–water partition coefficient (Wildman–Crippen LogP) is 1.24. The van der Waals surface area contributed by atoms with Gasteiger partial charge >= 0.3 is 0 Å². The smallest absolute Gasteiger partial charge is 0.251 e. The van der Waals surface area contributed by atoms with Gasteiger partial charge in [-0.25, -0.2) is 8.42 Å². The molecule has 7 heteroatoms. The first-order chi connectivity index (χ1) is 11.0.